The van der Waals surface area contributed by atoms with Gasteiger partial charge in [-0.1, -0.05) is 24.3 Å². The molecule has 9 heteroatoms. The van der Waals surface area contributed by atoms with Gasteiger partial charge in [0.25, 0.3) is 0 Å². The Morgan fingerprint density at radius 1 is 1.00 bits per heavy atom. The fourth-order valence-corrected chi connectivity index (χ4v) is 5.54. The molecule has 3 aromatic carbocycles. The van der Waals surface area contributed by atoms with Crippen molar-refractivity contribution in [3.63, 3.8) is 0 Å². The number of carbonyl (C=O) groups is 1. The minimum Gasteiger partial charge on any atom is -0.496 e. The lowest BCUT2D eigenvalue weighted by Gasteiger charge is -2.36. The second-order valence-electron chi connectivity index (χ2n) is 10.5. The van der Waals surface area contributed by atoms with Crippen LogP contribution in [0.4, 0.5) is 11.4 Å². The molecular weight excluding hydrogens is 534 g/mol. The number of aryl methyl sites for hydroxylation is 1. The lowest BCUT2D eigenvalue weighted by Crippen LogP contribution is -2.57. The van der Waals surface area contributed by atoms with Crippen LogP contribution in [-0.2, 0) is 22.6 Å². The zero-order valence-electron chi connectivity index (χ0n) is 24.3. The van der Waals surface area contributed by atoms with Crippen LogP contribution in [0.25, 0.3) is 0 Å². The van der Waals surface area contributed by atoms with Crippen LogP contribution in [0.2, 0.25) is 0 Å². The summed E-state index contributed by atoms with van der Waals surface area (Å²) in [4.78, 5) is 17.0. The summed E-state index contributed by atoms with van der Waals surface area (Å²) in [6.45, 7) is 4.58. The summed E-state index contributed by atoms with van der Waals surface area (Å²) in [5, 5.41) is 12.7. The van der Waals surface area contributed by atoms with Crippen molar-refractivity contribution in [1.82, 2.24) is 5.32 Å². The van der Waals surface area contributed by atoms with Crippen LogP contribution < -0.4 is 29.3 Å². The topological polar surface area (TPSA) is 92.7 Å². The van der Waals surface area contributed by atoms with E-state index in [1.807, 2.05) is 59.5 Å². The number of methoxy groups -OCH3 is 1. The molecular formula is C33H41N3O6. The highest BCUT2D eigenvalue weighted by Gasteiger charge is 2.30. The molecule has 5 rings (SSSR count). The van der Waals surface area contributed by atoms with Gasteiger partial charge < -0.3 is 39.2 Å². The summed E-state index contributed by atoms with van der Waals surface area (Å²) in [5.41, 5.74) is 4.25. The number of hydrogen-bond acceptors (Lipinski definition) is 8. The van der Waals surface area contributed by atoms with Crippen molar-refractivity contribution in [2.45, 2.75) is 31.9 Å². The number of aliphatic hydroxyl groups excluding tert-OH is 1. The van der Waals surface area contributed by atoms with Crippen molar-refractivity contribution in [2.24, 2.45) is 0 Å². The average Bonchev–Trinajstić information content (AvgIpc) is 3.02. The van der Waals surface area contributed by atoms with E-state index in [1.54, 1.807) is 7.11 Å². The molecule has 1 fully saturated rings. The van der Waals surface area contributed by atoms with Crippen LogP contribution in [0.15, 0.2) is 66.7 Å². The van der Waals surface area contributed by atoms with Crippen molar-refractivity contribution in [1.29, 1.82) is 0 Å². The number of benzene rings is 3. The van der Waals surface area contributed by atoms with Crippen LogP contribution in [0, 0.1) is 0 Å². The zero-order valence-corrected chi connectivity index (χ0v) is 24.3. The van der Waals surface area contributed by atoms with Crippen LogP contribution in [0.3, 0.4) is 0 Å². The van der Waals surface area contributed by atoms with Crippen LogP contribution >= 0.6 is 0 Å². The number of hydrogen-bond donors (Lipinski definition) is 2. The lowest BCUT2D eigenvalue weighted by molar-refractivity contribution is -0.119. The molecule has 3 aromatic rings. The predicted molar refractivity (Wildman–Crippen MR) is 163 cm³/mol. The largest absolute Gasteiger partial charge is 0.496 e. The number of amides is 1. The molecule has 0 bridgehead atoms. The Morgan fingerprint density at radius 3 is 2.67 bits per heavy atom. The maximum atomic E-state index is 12.9. The number of fused-ring (bicyclic) bond motifs is 1. The maximum Gasteiger partial charge on any atom is 0.241 e. The lowest BCUT2D eigenvalue weighted by atomic mass is 10.0. The summed E-state index contributed by atoms with van der Waals surface area (Å²) >= 11 is 0. The molecule has 42 heavy (non-hydrogen) atoms. The maximum absolute atomic E-state index is 12.9. The van der Waals surface area contributed by atoms with Gasteiger partial charge in [0.2, 0.25) is 5.91 Å². The highest BCUT2D eigenvalue weighted by molar-refractivity contribution is 5.96. The van der Waals surface area contributed by atoms with E-state index in [-0.39, 0.29) is 18.6 Å². The van der Waals surface area contributed by atoms with E-state index in [4.69, 9.17) is 18.9 Å². The second kappa shape index (κ2) is 14.9. The van der Waals surface area contributed by atoms with Gasteiger partial charge in [-0.15, -0.1) is 0 Å². The van der Waals surface area contributed by atoms with Crippen molar-refractivity contribution >= 4 is 17.3 Å². The molecule has 1 saturated heterocycles. The molecule has 0 aliphatic carbocycles. The first-order valence-corrected chi connectivity index (χ1v) is 14.7. The minimum absolute atomic E-state index is 0.00951. The van der Waals surface area contributed by atoms with E-state index in [0.717, 1.165) is 60.0 Å². The Balaban J connectivity index is 1.11. The smallest absolute Gasteiger partial charge is 0.241 e. The molecule has 0 unspecified atom stereocenters. The number of anilines is 2. The highest BCUT2D eigenvalue weighted by atomic mass is 16.5. The first kappa shape index (κ1) is 29.7. The number of rotatable bonds is 14. The van der Waals surface area contributed by atoms with Crippen LogP contribution in [-0.4, -0.2) is 76.8 Å². The predicted octanol–water partition coefficient (Wildman–Crippen LogP) is 3.81. The Kier molecular flexibility index (Phi) is 10.5. The summed E-state index contributed by atoms with van der Waals surface area (Å²) < 4.78 is 23.3. The molecule has 0 saturated carbocycles. The first-order valence-electron chi connectivity index (χ1n) is 14.7. The van der Waals surface area contributed by atoms with Crippen molar-refractivity contribution in [3.05, 3.63) is 77.9 Å². The van der Waals surface area contributed by atoms with Gasteiger partial charge in [0.1, 0.15) is 23.9 Å². The molecule has 2 N–H and O–H groups in total. The van der Waals surface area contributed by atoms with Gasteiger partial charge in [0.05, 0.1) is 46.1 Å². The Bertz CT molecular complexity index is 1300. The zero-order chi connectivity index (χ0) is 29.1. The van der Waals surface area contributed by atoms with Gasteiger partial charge in [-0.25, -0.2) is 0 Å². The molecule has 2 aliphatic rings. The third-order valence-corrected chi connectivity index (χ3v) is 7.64. The molecule has 0 aromatic heterocycles. The van der Waals surface area contributed by atoms with E-state index in [2.05, 4.69) is 22.3 Å². The van der Waals surface area contributed by atoms with Gasteiger partial charge in [-0.3, -0.25) is 4.79 Å². The molecule has 0 radical (unpaired) electrons. The third-order valence-electron chi connectivity index (χ3n) is 7.64. The monoisotopic (exact) mass is 575 g/mol. The SMILES string of the molecule is COc1ccccc1COCCCOc1ccc(N2C(=O)CNC[C@@H]2COc2ccc3c(c2)N(CCO)CCC3)cc1. The van der Waals surface area contributed by atoms with Crippen molar-refractivity contribution < 1.29 is 28.8 Å². The Labute approximate surface area is 247 Å². The standard InChI is InChI=1S/C33H41N3O6/c1-39-32-8-3-2-6-26(32)23-40-18-5-19-41-29-13-10-27(11-14-29)36-28(21-34-22-33(36)38)24-42-30-12-9-25-7-4-15-35(16-17-37)31(25)20-30/h2-3,6,8-14,20,28,34,37H,4-5,7,15-19,21-24H2,1H3/t28-/m1/s1. The van der Waals surface area contributed by atoms with Gasteiger partial charge in [-0.05, 0) is 54.8 Å². The van der Waals surface area contributed by atoms with E-state index < -0.39 is 0 Å². The first-order chi connectivity index (χ1) is 20.7. The number of nitrogens with zero attached hydrogens (tertiary/aromatic N) is 2. The fraction of sp³-hybridized carbons (Fsp3) is 0.424. The van der Waals surface area contributed by atoms with Gasteiger partial charge >= 0.3 is 0 Å². The van der Waals surface area contributed by atoms with E-state index in [1.165, 1.54) is 5.56 Å². The van der Waals surface area contributed by atoms with Gasteiger partial charge in [-0.2, -0.15) is 0 Å². The second-order valence-corrected chi connectivity index (χ2v) is 10.5. The highest BCUT2D eigenvalue weighted by Crippen LogP contribution is 2.31. The minimum atomic E-state index is -0.150. The molecule has 2 aliphatic heterocycles. The van der Waals surface area contributed by atoms with Gasteiger partial charge in [0.15, 0.2) is 0 Å². The number of ether oxygens (including phenoxy) is 4. The van der Waals surface area contributed by atoms with Gasteiger partial charge in [0, 0.05) is 49.1 Å². The number of aliphatic hydroxyl groups is 1. The van der Waals surface area contributed by atoms with E-state index in [0.29, 0.717) is 46.1 Å². The molecule has 0 spiro atoms. The number of nitrogens with one attached hydrogen (secondary N) is 1. The Hall–Kier alpha value is -3.79. The normalized spacial score (nSPS) is 16.7. The average molecular weight is 576 g/mol. The molecule has 1 atom stereocenters. The molecule has 9 nitrogen and oxygen atoms in total. The number of β-amino-alcohol motifs (C(OH)–C–C–N with tert-alkyl or cyclic N) is 1. The Morgan fingerprint density at radius 2 is 1.83 bits per heavy atom. The van der Waals surface area contributed by atoms with E-state index >= 15 is 0 Å². The quantitative estimate of drug-likeness (QED) is 0.281. The summed E-state index contributed by atoms with van der Waals surface area (Å²) in [6, 6.07) is 21.5. The summed E-state index contributed by atoms with van der Waals surface area (Å²) in [7, 11) is 1.66. The number of carbonyl (C=O) groups excluding carboxylic acids is 1. The number of piperazine rings is 1. The number of para-hydroxylation sites is 1. The summed E-state index contributed by atoms with van der Waals surface area (Å²) in [5.74, 6) is 2.36. The van der Waals surface area contributed by atoms with Crippen molar-refractivity contribution in [2.75, 3.05) is 69.5 Å². The fourth-order valence-electron chi connectivity index (χ4n) is 5.54. The van der Waals surface area contributed by atoms with E-state index in [9.17, 15) is 9.90 Å². The van der Waals surface area contributed by atoms with Crippen LogP contribution in [0.5, 0.6) is 17.2 Å². The molecule has 224 valence electrons. The van der Waals surface area contributed by atoms with Crippen molar-refractivity contribution in [3.8, 4) is 17.2 Å². The summed E-state index contributed by atoms with van der Waals surface area (Å²) in [6.07, 6.45) is 2.87. The van der Waals surface area contributed by atoms with Crippen LogP contribution in [0.1, 0.15) is 24.0 Å². The molecule has 1 amide bonds. The third kappa shape index (κ3) is 7.53. The molecule has 2 heterocycles.